The van der Waals surface area contributed by atoms with E-state index >= 15 is 0 Å². The van der Waals surface area contributed by atoms with E-state index in [1.54, 1.807) is 7.11 Å². The van der Waals surface area contributed by atoms with Crippen LogP contribution < -0.4 is 10.6 Å². The maximum absolute atomic E-state index is 12.1. The fraction of sp³-hybridized carbons (Fsp3) is 0.727. The Hall–Kier alpha value is -0.100. The van der Waals surface area contributed by atoms with Gasteiger partial charge in [0.05, 0.1) is 12.0 Å². The molecule has 1 aliphatic heterocycles. The Kier molecular flexibility index (Phi) is 8.03. The lowest BCUT2D eigenvalue weighted by atomic mass is 9.78. The summed E-state index contributed by atoms with van der Waals surface area (Å²) in [5.74, 6) is 0.0662. The highest BCUT2D eigenvalue weighted by Crippen LogP contribution is 2.29. The van der Waals surface area contributed by atoms with Crippen LogP contribution in [0.15, 0.2) is 11.1 Å². The van der Waals surface area contributed by atoms with Gasteiger partial charge in [0.2, 0.25) is 5.91 Å². The summed E-state index contributed by atoms with van der Waals surface area (Å²) in [5, 5.41) is 6.14. The summed E-state index contributed by atoms with van der Waals surface area (Å²) in [7, 11) is 1.64. The summed E-state index contributed by atoms with van der Waals surface area (Å²) < 4.78 is 5.97. The van der Waals surface area contributed by atoms with Gasteiger partial charge in [0.25, 0.3) is 0 Å². The van der Waals surface area contributed by atoms with Crippen LogP contribution in [0, 0.1) is 5.41 Å². The zero-order valence-corrected chi connectivity index (χ0v) is 12.5. The molecule has 0 aromatic carbocycles. The molecule has 0 atom stereocenters. The van der Waals surface area contributed by atoms with Crippen LogP contribution in [-0.2, 0) is 9.53 Å². The lowest BCUT2D eigenvalue weighted by Gasteiger charge is -2.35. The van der Waals surface area contributed by atoms with Crippen LogP contribution in [0.2, 0.25) is 0 Å². The third-order valence-electron chi connectivity index (χ3n) is 2.90. The molecule has 0 aromatic rings. The molecule has 1 heterocycles. The van der Waals surface area contributed by atoms with Gasteiger partial charge in [-0.25, -0.2) is 0 Å². The smallest absolute Gasteiger partial charge is 0.228 e. The van der Waals surface area contributed by atoms with Crippen molar-refractivity contribution in [2.45, 2.75) is 12.8 Å². The minimum absolute atomic E-state index is 0. The molecule has 0 unspecified atom stereocenters. The number of rotatable bonds is 5. The van der Waals surface area contributed by atoms with Crippen molar-refractivity contribution in [2.75, 3.05) is 33.4 Å². The highest BCUT2D eigenvalue weighted by molar-refractivity contribution is 9.11. The van der Waals surface area contributed by atoms with Crippen LogP contribution in [0.25, 0.3) is 0 Å². The monoisotopic (exact) mass is 326 g/mol. The molecular formula is C11H20BrClN2O2. The lowest BCUT2D eigenvalue weighted by Crippen LogP contribution is -2.50. The second-order valence-electron chi connectivity index (χ2n) is 4.16. The summed E-state index contributed by atoms with van der Waals surface area (Å²) in [6.07, 6.45) is 1.64. The maximum Gasteiger partial charge on any atom is 0.228 e. The quantitative estimate of drug-likeness (QED) is 0.803. The minimum atomic E-state index is -0.373. The second kappa shape index (κ2) is 8.08. The van der Waals surface area contributed by atoms with E-state index in [0.717, 1.165) is 30.4 Å². The van der Waals surface area contributed by atoms with E-state index in [0.29, 0.717) is 13.2 Å². The molecule has 100 valence electrons. The topological polar surface area (TPSA) is 50.4 Å². The number of piperidine rings is 1. The normalized spacial score (nSPS) is 18.0. The Balaban J connectivity index is 0.00000256. The molecule has 4 nitrogen and oxygen atoms in total. The molecule has 1 rings (SSSR count). The zero-order chi connectivity index (χ0) is 12.0. The number of hydrogen-bond acceptors (Lipinski definition) is 3. The van der Waals surface area contributed by atoms with Gasteiger partial charge < -0.3 is 15.4 Å². The molecular weight excluding hydrogens is 307 g/mol. The summed E-state index contributed by atoms with van der Waals surface area (Å²) in [6, 6.07) is 0. The standard InChI is InChI=1S/C11H19BrN2O2.ClH/c1-9(12)7-14-10(15)11(8-16-2)3-5-13-6-4-11;/h13H,1,3-8H2,2H3,(H,14,15);1H. The van der Waals surface area contributed by atoms with Gasteiger partial charge in [0.15, 0.2) is 0 Å². The third kappa shape index (κ3) is 4.95. The first kappa shape index (κ1) is 16.9. The SMILES string of the molecule is C=C(Br)CNC(=O)C1(COC)CCNCC1.Cl. The minimum Gasteiger partial charge on any atom is -0.384 e. The lowest BCUT2D eigenvalue weighted by molar-refractivity contribution is -0.135. The van der Waals surface area contributed by atoms with E-state index in [1.807, 2.05) is 0 Å². The summed E-state index contributed by atoms with van der Waals surface area (Å²) >= 11 is 3.23. The van der Waals surface area contributed by atoms with E-state index in [9.17, 15) is 4.79 Å². The fourth-order valence-corrected chi connectivity index (χ4v) is 2.12. The average molecular weight is 328 g/mol. The van der Waals surface area contributed by atoms with E-state index in [2.05, 4.69) is 33.1 Å². The molecule has 1 amide bonds. The number of halogens is 2. The van der Waals surface area contributed by atoms with Crippen molar-refractivity contribution in [3.8, 4) is 0 Å². The Morgan fingerprint density at radius 1 is 1.53 bits per heavy atom. The molecule has 0 aliphatic carbocycles. The highest BCUT2D eigenvalue weighted by Gasteiger charge is 2.39. The van der Waals surface area contributed by atoms with Crippen molar-refractivity contribution in [1.29, 1.82) is 0 Å². The zero-order valence-electron chi connectivity index (χ0n) is 10.1. The van der Waals surface area contributed by atoms with Gasteiger partial charge in [-0.15, -0.1) is 12.4 Å². The molecule has 0 bridgehead atoms. The summed E-state index contributed by atoms with van der Waals surface area (Å²) in [5.41, 5.74) is -0.373. The van der Waals surface area contributed by atoms with Crippen molar-refractivity contribution in [2.24, 2.45) is 5.41 Å². The van der Waals surface area contributed by atoms with E-state index in [-0.39, 0.29) is 23.7 Å². The maximum atomic E-state index is 12.1. The molecule has 0 saturated carbocycles. The van der Waals surface area contributed by atoms with Crippen molar-refractivity contribution in [1.82, 2.24) is 10.6 Å². The van der Waals surface area contributed by atoms with Gasteiger partial charge in [0.1, 0.15) is 0 Å². The Morgan fingerprint density at radius 3 is 2.59 bits per heavy atom. The van der Waals surface area contributed by atoms with E-state index < -0.39 is 0 Å². The molecule has 1 aliphatic rings. The molecule has 0 spiro atoms. The second-order valence-corrected chi connectivity index (χ2v) is 5.28. The average Bonchev–Trinajstić information content (AvgIpc) is 2.27. The molecule has 0 radical (unpaired) electrons. The number of amides is 1. The van der Waals surface area contributed by atoms with Crippen LogP contribution in [0.1, 0.15) is 12.8 Å². The van der Waals surface area contributed by atoms with E-state index in [4.69, 9.17) is 4.74 Å². The number of carbonyl (C=O) groups is 1. The molecule has 0 aromatic heterocycles. The van der Waals surface area contributed by atoms with Crippen molar-refractivity contribution >= 4 is 34.2 Å². The Bertz CT molecular complexity index is 263. The largest absolute Gasteiger partial charge is 0.384 e. The predicted molar refractivity (Wildman–Crippen MR) is 74.7 cm³/mol. The summed E-state index contributed by atoms with van der Waals surface area (Å²) in [6.45, 7) is 6.38. The van der Waals surface area contributed by atoms with Crippen molar-refractivity contribution < 1.29 is 9.53 Å². The van der Waals surface area contributed by atoms with Crippen LogP contribution in [0.3, 0.4) is 0 Å². The molecule has 6 heteroatoms. The van der Waals surface area contributed by atoms with Crippen LogP contribution in [-0.4, -0.2) is 39.3 Å². The molecule has 2 N–H and O–H groups in total. The van der Waals surface area contributed by atoms with E-state index in [1.165, 1.54) is 0 Å². The van der Waals surface area contributed by atoms with Gasteiger partial charge in [-0.3, -0.25) is 4.79 Å². The van der Waals surface area contributed by atoms with Gasteiger partial charge in [-0.1, -0.05) is 22.5 Å². The number of carbonyl (C=O) groups excluding carboxylic acids is 1. The number of nitrogens with one attached hydrogen (secondary N) is 2. The van der Waals surface area contributed by atoms with Gasteiger partial charge in [0, 0.05) is 18.1 Å². The van der Waals surface area contributed by atoms with Gasteiger partial charge >= 0.3 is 0 Å². The number of hydrogen-bond donors (Lipinski definition) is 2. The third-order valence-corrected chi connectivity index (χ3v) is 3.18. The van der Waals surface area contributed by atoms with Crippen molar-refractivity contribution in [3.63, 3.8) is 0 Å². The van der Waals surface area contributed by atoms with Gasteiger partial charge in [-0.2, -0.15) is 0 Å². The van der Waals surface area contributed by atoms with Gasteiger partial charge in [-0.05, 0) is 25.9 Å². The predicted octanol–water partition coefficient (Wildman–Crippen LogP) is 1.45. The molecule has 1 fully saturated rings. The highest BCUT2D eigenvalue weighted by atomic mass is 79.9. The Morgan fingerprint density at radius 2 is 2.12 bits per heavy atom. The number of methoxy groups -OCH3 is 1. The van der Waals surface area contributed by atoms with Crippen molar-refractivity contribution in [3.05, 3.63) is 11.1 Å². The molecule has 1 saturated heterocycles. The summed E-state index contributed by atoms with van der Waals surface area (Å²) in [4.78, 5) is 12.1. The van der Waals surface area contributed by atoms with Crippen LogP contribution in [0.4, 0.5) is 0 Å². The fourth-order valence-electron chi connectivity index (χ4n) is 1.98. The Labute approximate surface area is 117 Å². The first-order chi connectivity index (χ1) is 7.60. The number of ether oxygens (including phenoxy) is 1. The van der Waals surface area contributed by atoms with Crippen LogP contribution >= 0.6 is 28.3 Å². The first-order valence-electron chi connectivity index (χ1n) is 5.42. The van der Waals surface area contributed by atoms with Crippen LogP contribution in [0.5, 0.6) is 0 Å². The first-order valence-corrected chi connectivity index (χ1v) is 6.21. The molecule has 17 heavy (non-hydrogen) atoms.